The predicted octanol–water partition coefficient (Wildman–Crippen LogP) is 3.46. The van der Waals surface area contributed by atoms with Crippen LogP contribution in [0.3, 0.4) is 0 Å². The van der Waals surface area contributed by atoms with E-state index in [9.17, 15) is 13.6 Å². The topological polar surface area (TPSA) is 47.6 Å². The van der Waals surface area contributed by atoms with E-state index in [4.69, 9.17) is 4.74 Å². The van der Waals surface area contributed by atoms with Crippen molar-refractivity contribution in [1.29, 1.82) is 0 Å². The Bertz CT molecular complexity index is 648. The van der Waals surface area contributed by atoms with Crippen molar-refractivity contribution in [2.75, 3.05) is 19.0 Å². The quantitative estimate of drug-likeness (QED) is 0.849. The van der Waals surface area contributed by atoms with Gasteiger partial charge in [0.1, 0.15) is 12.4 Å². The van der Waals surface area contributed by atoms with Crippen LogP contribution in [0, 0.1) is 0 Å². The summed E-state index contributed by atoms with van der Waals surface area (Å²) in [5.41, 5.74) is 2.01. The van der Waals surface area contributed by atoms with Gasteiger partial charge in [-0.25, -0.2) is 0 Å². The van der Waals surface area contributed by atoms with Crippen molar-refractivity contribution in [2.45, 2.75) is 13.0 Å². The third kappa shape index (κ3) is 5.34. The summed E-state index contributed by atoms with van der Waals surface area (Å²) >= 11 is 0. The summed E-state index contributed by atoms with van der Waals surface area (Å²) in [5.74, 6) is -0.228. The molecule has 0 aromatic heterocycles. The zero-order chi connectivity index (χ0) is 16.7. The van der Waals surface area contributed by atoms with E-state index in [-0.39, 0.29) is 18.3 Å². The smallest absolute Gasteiger partial charge is 0.387 e. The molecule has 4 nitrogen and oxygen atoms in total. The highest BCUT2D eigenvalue weighted by molar-refractivity contribution is 5.91. The number of rotatable bonds is 7. The lowest BCUT2D eigenvalue weighted by molar-refractivity contribution is -0.119. The molecule has 0 fully saturated rings. The number of carbonyl (C=O) groups excluding carboxylic acids is 1. The molecule has 0 aliphatic carbocycles. The molecule has 0 unspecified atom stereocenters. The van der Waals surface area contributed by atoms with Gasteiger partial charge in [-0.05, 0) is 23.8 Å². The fourth-order valence-electron chi connectivity index (χ4n) is 2.15. The van der Waals surface area contributed by atoms with Crippen LogP contribution in [0.4, 0.5) is 14.5 Å². The maximum absolute atomic E-state index is 12.5. The molecule has 2 aromatic carbocycles. The van der Waals surface area contributed by atoms with Crippen molar-refractivity contribution in [3.63, 3.8) is 0 Å². The third-order valence-corrected chi connectivity index (χ3v) is 3.07. The SMILES string of the molecule is COCC(=O)Nc1ccc(OC(F)F)c(Cc2ccccc2)c1. The Morgan fingerprint density at radius 3 is 2.57 bits per heavy atom. The molecule has 0 radical (unpaired) electrons. The molecule has 0 spiro atoms. The lowest BCUT2D eigenvalue weighted by Crippen LogP contribution is -2.17. The molecular weight excluding hydrogens is 304 g/mol. The van der Waals surface area contributed by atoms with Crippen LogP contribution in [-0.4, -0.2) is 26.2 Å². The highest BCUT2D eigenvalue weighted by Gasteiger charge is 2.12. The molecule has 0 aliphatic rings. The van der Waals surface area contributed by atoms with Gasteiger partial charge >= 0.3 is 6.61 Å². The number of halogens is 2. The van der Waals surface area contributed by atoms with Crippen LogP contribution in [0.1, 0.15) is 11.1 Å². The second-order valence-corrected chi connectivity index (χ2v) is 4.84. The fraction of sp³-hybridized carbons (Fsp3) is 0.235. The molecule has 0 atom stereocenters. The number of methoxy groups -OCH3 is 1. The summed E-state index contributed by atoms with van der Waals surface area (Å²) in [5, 5.41) is 2.64. The largest absolute Gasteiger partial charge is 0.435 e. The second-order valence-electron chi connectivity index (χ2n) is 4.84. The molecule has 0 saturated carbocycles. The van der Waals surface area contributed by atoms with Crippen molar-refractivity contribution < 1.29 is 23.0 Å². The maximum Gasteiger partial charge on any atom is 0.387 e. The van der Waals surface area contributed by atoms with Crippen LogP contribution in [0.15, 0.2) is 48.5 Å². The molecule has 2 aromatic rings. The van der Waals surface area contributed by atoms with E-state index >= 15 is 0 Å². The van der Waals surface area contributed by atoms with Gasteiger partial charge in [-0.2, -0.15) is 8.78 Å². The number of nitrogens with one attached hydrogen (secondary N) is 1. The monoisotopic (exact) mass is 321 g/mol. The van der Waals surface area contributed by atoms with Gasteiger partial charge in [0.25, 0.3) is 0 Å². The Labute approximate surface area is 133 Å². The number of hydrogen-bond donors (Lipinski definition) is 1. The Kier molecular flexibility index (Phi) is 6.05. The van der Waals surface area contributed by atoms with Gasteiger partial charge in [0.05, 0.1) is 0 Å². The molecule has 1 amide bonds. The molecule has 2 rings (SSSR count). The molecule has 0 saturated heterocycles. The van der Waals surface area contributed by atoms with Crippen molar-refractivity contribution in [3.8, 4) is 5.75 Å². The highest BCUT2D eigenvalue weighted by atomic mass is 19.3. The standard InChI is InChI=1S/C17H17F2NO3/c1-22-11-16(21)20-14-7-8-15(23-17(18)19)13(10-14)9-12-5-3-2-4-6-12/h2-8,10,17H,9,11H2,1H3,(H,20,21). The maximum atomic E-state index is 12.5. The van der Waals surface area contributed by atoms with Gasteiger partial charge < -0.3 is 14.8 Å². The lowest BCUT2D eigenvalue weighted by atomic mass is 10.0. The molecule has 122 valence electrons. The zero-order valence-electron chi connectivity index (χ0n) is 12.6. The average molecular weight is 321 g/mol. The molecule has 0 heterocycles. The minimum Gasteiger partial charge on any atom is -0.435 e. The third-order valence-electron chi connectivity index (χ3n) is 3.07. The summed E-state index contributed by atoms with van der Waals surface area (Å²) in [6.45, 7) is -2.98. The summed E-state index contributed by atoms with van der Waals surface area (Å²) in [7, 11) is 1.42. The first-order valence-corrected chi connectivity index (χ1v) is 6.99. The summed E-state index contributed by atoms with van der Waals surface area (Å²) in [4.78, 5) is 11.6. The Balaban J connectivity index is 2.24. The summed E-state index contributed by atoms with van der Waals surface area (Å²) in [6, 6.07) is 14.0. The van der Waals surface area contributed by atoms with Crippen LogP contribution >= 0.6 is 0 Å². The molecule has 6 heteroatoms. The first-order valence-electron chi connectivity index (χ1n) is 6.99. The van der Waals surface area contributed by atoms with Gasteiger partial charge in [-0.3, -0.25) is 4.79 Å². The number of benzene rings is 2. The fourth-order valence-corrected chi connectivity index (χ4v) is 2.15. The van der Waals surface area contributed by atoms with Crippen molar-refractivity contribution in [2.24, 2.45) is 0 Å². The van der Waals surface area contributed by atoms with E-state index in [0.717, 1.165) is 5.56 Å². The van der Waals surface area contributed by atoms with Crippen molar-refractivity contribution in [3.05, 3.63) is 59.7 Å². The molecule has 0 aliphatic heterocycles. The number of hydrogen-bond acceptors (Lipinski definition) is 3. The second kappa shape index (κ2) is 8.24. The number of alkyl halides is 2. The highest BCUT2D eigenvalue weighted by Crippen LogP contribution is 2.27. The predicted molar refractivity (Wildman–Crippen MR) is 82.8 cm³/mol. The van der Waals surface area contributed by atoms with E-state index in [1.807, 2.05) is 30.3 Å². The molecule has 23 heavy (non-hydrogen) atoms. The van der Waals surface area contributed by atoms with Crippen LogP contribution in [-0.2, 0) is 16.0 Å². The molecule has 0 bridgehead atoms. The normalized spacial score (nSPS) is 10.6. The Hall–Kier alpha value is -2.47. The Morgan fingerprint density at radius 1 is 1.17 bits per heavy atom. The first-order chi connectivity index (χ1) is 11.1. The average Bonchev–Trinajstić information content (AvgIpc) is 2.51. The molecular formula is C17H17F2NO3. The number of carbonyl (C=O) groups is 1. The summed E-state index contributed by atoms with van der Waals surface area (Å²) < 4.78 is 34.4. The lowest BCUT2D eigenvalue weighted by Gasteiger charge is -2.13. The minimum atomic E-state index is -2.90. The minimum absolute atomic E-state index is 0.0801. The van der Waals surface area contributed by atoms with E-state index in [0.29, 0.717) is 17.7 Å². The first kappa shape index (κ1) is 16.9. The van der Waals surface area contributed by atoms with Crippen LogP contribution in [0.2, 0.25) is 0 Å². The number of ether oxygens (including phenoxy) is 2. The van der Waals surface area contributed by atoms with Crippen molar-refractivity contribution in [1.82, 2.24) is 0 Å². The van der Waals surface area contributed by atoms with Crippen molar-refractivity contribution >= 4 is 11.6 Å². The van der Waals surface area contributed by atoms with Gasteiger partial charge in [0.2, 0.25) is 5.91 Å². The van der Waals surface area contributed by atoms with E-state index in [2.05, 4.69) is 10.1 Å². The van der Waals surface area contributed by atoms with Crippen LogP contribution in [0.5, 0.6) is 5.75 Å². The van der Waals surface area contributed by atoms with E-state index in [1.165, 1.54) is 19.2 Å². The van der Waals surface area contributed by atoms with Gasteiger partial charge in [0, 0.05) is 24.8 Å². The van der Waals surface area contributed by atoms with E-state index in [1.54, 1.807) is 6.07 Å². The molecule has 1 N–H and O–H groups in total. The van der Waals surface area contributed by atoms with Crippen LogP contribution in [0.25, 0.3) is 0 Å². The van der Waals surface area contributed by atoms with Crippen LogP contribution < -0.4 is 10.1 Å². The van der Waals surface area contributed by atoms with Gasteiger partial charge in [-0.15, -0.1) is 0 Å². The summed E-state index contributed by atoms with van der Waals surface area (Å²) in [6.07, 6.45) is 0.414. The zero-order valence-corrected chi connectivity index (χ0v) is 12.6. The van der Waals surface area contributed by atoms with Gasteiger partial charge in [-0.1, -0.05) is 30.3 Å². The van der Waals surface area contributed by atoms with E-state index < -0.39 is 6.61 Å². The van der Waals surface area contributed by atoms with Gasteiger partial charge in [0.15, 0.2) is 0 Å². The number of amides is 1. The Morgan fingerprint density at radius 2 is 1.91 bits per heavy atom. The number of anilines is 1.